The normalized spacial score (nSPS) is 19.7. The van der Waals surface area contributed by atoms with Crippen LogP contribution in [0.25, 0.3) is 0 Å². The third kappa shape index (κ3) is 4.78. The molecule has 1 saturated heterocycles. The summed E-state index contributed by atoms with van der Waals surface area (Å²) in [4.78, 5) is 22.4. The largest absolute Gasteiger partial charge is 0.496 e. The van der Waals surface area contributed by atoms with E-state index < -0.39 is 11.0 Å². The third-order valence-corrected chi connectivity index (χ3v) is 3.59. The van der Waals surface area contributed by atoms with Crippen LogP contribution in [0, 0.1) is 10.1 Å². The number of amides is 1. The second-order valence-corrected chi connectivity index (χ2v) is 5.03. The maximum Gasteiger partial charge on any atom is 0.270 e. The van der Waals surface area contributed by atoms with E-state index in [2.05, 4.69) is 5.32 Å². The highest BCUT2D eigenvalue weighted by Gasteiger charge is 2.29. The fourth-order valence-electron chi connectivity index (χ4n) is 2.38. The summed E-state index contributed by atoms with van der Waals surface area (Å²) in [5.74, 6) is 0.239. The molecule has 0 unspecified atom stereocenters. The molecule has 8 nitrogen and oxygen atoms in total. The number of hydrogen-bond donors (Lipinski definition) is 2. The van der Waals surface area contributed by atoms with Crippen molar-refractivity contribution in [3.8, 4) is 5.75 Å². The molecular formula is C14H20ClN3O5. The van der Waals surface area contributed by atoms with Crippen molar-refractivity contribution in [2.45, 2.75) is 31.6 Å². The van der Waals surface area contributed by atoms with Crippen molar-refractivity contribution < 1.29 is 19.2 Å². The second-order valence-electron chi connectivity index (χ2n) is 5.03. The fraction of sp³-hybridized carbons (Fsp3) is 0.500. The standard InChI is InChI=1S/C14H19N3O5.ClH/c1-21-12-4-2-10(17(19)20)6-9(12)8-16-14(18)13-5-3-11(7-15)22-13;/h2,4,6,11,13H,3,5,7-8,15H2,1H3,(H,16,18);1H/t11-,13+;/m1./s1. The van der Waals surface area contributed by atoms with Crippen molar-refractivity contribution >= 4 is 24.0 Å². The Morgan fingerprint density at radius 2 is 2.26 bits per heavy atom. The Balaban J connectivity index is 0.00000264. The summed E-state index contributed by atoms with van der Waals surface area (Å²) >= 11 is 0. The van der Waals surface area contributed by atoms with Crippen LogP contribution in [0.5, 0.6) is 5.75 Å². The van der Waals surface area contributed by atoms with Gasteiger partial charge in [-0.05, 0) is 18.9 Å². The highest BCUT2D eigenvalue weighted by molar-refractivity contribution is 5.85. The van der Waals surface area contributed by atoms with Gasteiger partial charge in [-0.25, -0.2) is 0 Å². The molecule has 1 aromatic carbocycles. The molecule has 0 aliphatic carbocycles. The third-order valence-electron chi connectivity index (χ3n) is 3.59. The van der Waals surface area contributed by atoms with E-state index >= 15 is 0 Å². The zero-order chi connectivity index (χ0) is 16.1. The lowest BCUT2D eigenvalue weighted by atomic mass is 10.1. The van der Waals surface area contributed by atoms with Crippen LogP contribution in [-0.2, 0) is 16.1 Å². The van der Waals surface area contributed by atoms with E-state index in [0.717, 1.165) is 6.42 Å². The lowest BCUT2D eigenvalue weighted by Gasteiger charge is -2.14. The zero-order valence-electron chi connectivity index (χ0n) is 12.7. The minimum Gasteiger partial charge on any atom is -0.496 e. The number of non-ortho nitro benzene ring substituents is 1. The molecule has 128 valence electrons. The summed E-state index contributed by atoms with van der Waals surface area (Å²) in [7, 11) is 1.47. The Morgan fingerprint density at radius 3 is 2.83 bits per heavy atom. The first-order valence-electron chi connectivity index (χ1n) is 6.99. The fourth-order valence-corrected chi connectivity index (χ4v) is 2.38. The molecule has 1 fully saturated rings. The van der Waals surface area contributed by atoms with Crippen LogP contribution < -0.4 is 15.8 Å². The Morgan fingerprint density at radius 1 is 1.52 bits per heavy atom. The molecule has 2 rings (SSSR count). The quantitative estimate of drug-likeness (QED) is 0.590. The molecule has 3 N–H and O–H groups in total. The topological polar surface area (TPSA) is 117 Å². The van der Waals surface area contributed by atoms with E-state index in [1.807, 2.05) is 0 Å². The summed E-state index contributed by atoms with van der Waals surface area (Å²) in [6, 6.07) is 4.25. The van der Waals surface area contributed by atoms with Crippen molar-refractivity contribution in [1.82, 2.24) is 5.32 Å². The summed E-state index contributed by atoms with van der Waals surface area (Å²) in [5, 5.41) is 13.5. The van der Waals surface area contributed by atoms with Crippen molar-refractivity contribution in [3.63, 3.8) is 0 Å². The van der Waals surface area contributed by atoms with Crippen molar-refractivity contribution in [2.24, 2.45) is 5.73 Å². The molecule has 23 heavy (non-hydrogen) atoms. The lowest BCUT2D eigenvalue weighted by Crippen LogP contribution is -2.35. The number of rotatable bonds is 6. The van der Waals surface area contributed by atoms with Crippen LogP contribution in [0.2, 0.25) is 0 Å². The number of nitrogens with two attached hydrogens (primary N) is 1. The van der Waals surface area contributed by atoms with E-state index in [9.17, 15) is 14.9 Å². The molecule has 1 amide bonds. The van der Waals surface area contributed by atoms with E-state index in [-0.39, 0.29) is 36.7 Å². The number of nitro benzene ring substituents is 1. The molecule has 1 heterocycles. The number of carbonyl (C=O) groups is 1. The highest BCUT2D eigenvalue weighted by atomic mass is 35.5. The van der Waals surface area contributed by atoms with Gasteiger partial charge in [0.15, 0.2) is 0 Å². The number of ether oxygens (including phenoxy) is 2. The van der Waals surface area contributed by atoms with Gasteiger partial charge < -0.3 is 20.5 Å². The van der Waals surface area contributed by atoms with E-state index in [1.165, 1.54) is 25.3 Å². The Kier molecular flexibility index (Phi) is 7.21. The summed E-state index contributed by atoms with van der Waals surface area (Å²) in [6.45, 7) is 0.527. The number of hydrogen-bond acceptors (Lipinski definition) is 6. The van der Waals surface area contributed by atoms with Gasteiger partial charge in [-0.15, -0.1) is 12.4 Å². The van der Waals surface area contributed by atoms with Gasteiger partial charge in [0, 0.05) is 30.8 Å². The number of carbonyl (C=O) groups excluding carboxylic acids is 1. The molecule has 0 bridgehead atoms. The average Bonchev–Trinajstić information content (AvgIpc) is 3.01. The monoisotopic (exact) mass is 345 g/mol. The van der Waals surface area contributed by atoms with E-state index in [1.54, 1.807) is 0 Å². The van der Waals surface area contributed by atoms with E-state index in [4.69, 9.17) is 15.2 Å². The predicted octanol–water partition coefficient (Wildman–Crippen LogP) is 1.15. The van der Waals surface area contributed by atoms with Gasteiger partial charge in [-0.1, -0.05) is 0 Å². The number of methoxy groups -OCH3 is 1. The van der Waals surface area contributed by atoms with Gasteiger partial charge in [-0.2, -0.15) is 0 Å². The van der Waals surface area contributed by atoms with Crippen LogP contribution >= 0.6 is 12.4 Å². The number of nitrogens with zero attached hydrogens (tertiary/aromatic N) is 1. The maximum atomic E-state index is 12.0. The minimum absolute atomic E-state index is 0. The van der Waals surface area contributed by atoms with Gasteiger partial charge in [0.2, 0.25) is 5.91 Å². The molecule has 1 aliphatic rings. The van der Waals surface area contributed by atoms with Crippen LogP contribution in [0.3, 0.4) is 0 Å². The summed E-state index contributed by atoms with van der Waals surface area (Å²) in [6.07, 6.45) is 0.787. The maximum absolute atomic E-state index is 12.0. The Labute approximate surface area is 139 Å². The van der Waals surface area contributed by atoms with Crippen LogP contribution in [0.4, 0.5) is 5.69 Å². The molecular weight excluding hydrogens is 326 g/mol. The molecule has 9 heteroatoms. The first-order valence-corrected chi connectivity index (χ1v) is 6.99. The molecule has 0 radical (unpaired) electrons. The number of nitrogens with one attached hydrogen (secondary N) is 1. The van der Waals surface area contributed by atoms with Crippen LogP contribution in [0.1, 0.15) is 18.4 Å². The van der Waals surface area contributed by atoms with Gasteiger partial charge in [0.1, 0.15) is 11.9 Å². The minimum atomic E-state index is -0.516. The van der Waals surface area contributed by atoms with Gasteiger partial charge in [-0.3, -0.25) is 14.9 Å². The van der Waals surface area contributed by atoms with Gasteiger partial charge >= 0.3 is 0 Å². The molecule has 1 aliphatic heterocycles. The van der Waals surface area contributed by atoms with Gasteiger partial charge in [0.05, 0.1) is 18.1 Å². The molecule has 2 atom stereocenters. The van der Waals surface area contributed by atoms with Crippen molar-refractivity contribution in [1.29, 1.82) is 0 Å². The van der Waals surface area contributed by atoms with E-state index in [0.29, 0.717) is 24.3 Å². The Bertz CT molecular complexity index is 569. The zero-order valence-corrected chi connectivity index (χ0v) is 13.5. The lowest BCUT2D eigenvalue weighted by molar-refractivity contribution is -0.384. The first-order chi connectivity index (χ1) is 10.5. The summed E-state index contributed by atoms with van der Waals surface area (Å²) in [5.41, 5.74) is 6.00. The first kappa shape index (κ1) is 19.1. The van der Waals surface area contributed by atoms with Gasteiger partial charge in [0.25, 0.3) is 5.69 Å². The number of nitro groups is 1. The number of benzene rings is 1. The smallest absolute Gasteiger partial charge is 0.270 e. The SMILES string of the molecule is COc1ccc([N+](=O)[O-])cc1CNC(=O)[C@@H]1CC[C@H](CN)O1.Cl. The molecule has 1 aromatic rings. The molecule has 0 saturated carbocycles. The van der Waals surface area contributed by atoms with Crippen molar-refractivity contribution in [3.05, 3.63) is 33.9 Å². The van der Waals surface area contributed by atoms with Crippen LogP contribution in [-0.4, -0.2) is 36.7 Å². The predicted molar refractivity (Wildman–Crippen MR) is 85.7 cm³/mol. The Hall–Kier alpha value is -1.90. The van der Waals surface area contributed by atoms with Crippen LogP contribution in [0.15, 0.2) is 18.2 Å². The average molecular weight is 346 g/mol. The summed E-state index contributed by atoms with van der Waals surface area (Å²) < 4.78 is 10.7. The molecule has 0 aromatic heterocycles. The second kappa shape index (κ2) is 8.66. The highest BCUT2D eigenvalue weighted by Crippen LogP contribution is 2.24. The molecule has 0 spiro atoms. The van der Waals surface area contributed by atoms with Crippen molar-refractivity contribution in [2.75, 3.05) is 13.7 Å². The number of halogens is 1.